The highest BCUT2D eigenvalue weighted by Gasteiger charge is 2.27. The maximum atomic E-state index is 12.1. The molecule has 84 heavy (non-hydrogen) atoms. The summed E-state index contributed by atoms with van der Waals surface area (Å²) in [6.07, 6.45) is 5.69. The summed E-state index contributed by atoms with van der Waals surface area (Å²) >= 11 is 0. The Morgan fingerprint density at radius 1 is 0.560 bits per heavy atom. The van der Waals surface area contributed by atoms with Gasteiger partial charge in [0.1, 0.15) is 23.4 Å². The predicted octanol–water partition coefficient (Wildman–Crippen LogP) is 7.21. The van der Waals surface area contributed by atoms with E-state index in [0.717, 1.165) is 19.3 Å². The third-order valence-electron chi connectivity index (χ3n) is 12.1. The minimum absolute atomic E-state index is 0.0101. The molecule has 0 unspecified atom stereocenters. The van der Waals surface area contributed by atoms with Crippen LogP contribution in [0.3, 0.4) is 0 Å². The van der Waals surface area contributed by atoms with Crippen LogP contribution in [0.25, 0.3) is 0 Å². The number of methoxy groups -OCH3 is 1. The molecule has 0 fully saturated rings. The molecular weight excluding hydrogens is 1070 g/mol. The Bertz CT molecular complexity index is 2070. The second kappa shape index (κ2) is 51.6. The van der Waals surface area contributed by atoms with Crippen molar-refractivity contribution in [1.82, 2.24) is 10.2 Å². The molecule has 0 bridgehead atoms. The van der Waals surface area contributed by atoms with Crippen molar-refractivity contribution in [3.8, 4) is 0 Å². The number of carbonyl (C=O) groups excluding carboxylic acids is 6. The fourth-order valence-electron chi connectivity index (χ4n) is 6.99. The third kappa shape index (κ3) is 52.9. The van der Waals surface area contributed by atoms with E-state index < -0.39 is 6.04 Å². The summed E-state index contributed by atoms with van der Waals surface area (Å²) in [5, 5.41) is 3.31. The van der Waals surface area contributed by atoms with E-state index in [0.29, 0.717) is 118 Å². The lowest BCUT2D eigenvalue weighted by Crippen LogP contribution is -2.44. The predicted molar refractivity (Wildman–Crippen MR) is 350 cm³/mol. The van der Waals surface area contributed by atoms with E-state index in [2.05, 4.69) is 85.7 Å². The summed E-state index contributed by atoms with van der Waals surface area (Å²) in [5.41, 5.74) is 43.0. The van der Waals surface area contributed by atoms with Crippen molar-refractivity contribution in [3.63, 3.8) is 0 Å². The summed E-state index contributed by atoms with van der Waals surface area (Å²) in [6.45, 7) is 40.5. The zero-order chi connectivity index (χ0) is 66.4. The summed E-state index contributed by atoms with van der Waals surface area (Å²) in [7, 11) is 3.68. The van der Waals surface area contributed by atoms with Crippen LogP contribution in [0.5, 0.6) is 0 Å². The van der Waals surface area contributed by atoms with E-state index in [4.69, 9.17) is 55.3 Å². The molecule has 22 heteroatoms. The number of ketones is 6. The van der Waals surface area contributed by atoms with E-state index in [-0.39, 0.29) is 82.7 Å². The van der Waals surface area contributed by atoms with E-state index in [9.17, 15) is 28.8 Å². The molecule has 1 rings (SSSR count). The normalized spacial score (nSPS) is 11.8. The summed E-state index contributed by atoms with van der Waals surface area (Å²) < 4.78 is 9.94. The minimum atomic E-state index is -0.505. The first-order valence-electron chi connectivity index (χ1n) is 29.9. The zero-order valence-corrected chi connectivity index (χ0v) is 56.1. The Morgan fingerprint density at radius 2 is 1.06 bits per heavy atom. The Hall–Kier alpha value is -5.84. The number of benzene rings is 1. The molecule has 0 saturated carbocycles. The smallest absolute Gasteiger partial charge is 0.191 e. The second-order valence-corrected chi connectivity index (χ2v) is 23.6. The number of nitrogens with one attached hydrogen (secondary N) is 1. The maximum absolute atomic E-state index is 12.1. The standard InChI is InChI=1S/C13H27NO.C11H15N3O.C10H22N6O.C10H21NO.C9H19N3O.C9H18O3/c1-9(2)8-12(13(15)10(3)4)14(7)11(5)6;1-7(2)10(15)8-4-3-5-9(6-8)14-11(12)13;1-6(2)8(17)7(16-10(13)14)4-3-5-15-9(11)12;1-7(2)10(12)6-9(5)11-8(3)4;1-7(2)8(13)5-3-4-6-12-9(10)11;1-8(2)9(10)4-5-12-7-6-11-3/h9-12H,8H2,1-7H3;3-7H,1-2H3,(H4,12,13,14);6-7H,3-5H2,1-2H3,(H4,11,12,15)(H4,13,14,16);7-9,11H,6H2,1-5H3;7H,3-6H2,1-2H3,(H4,10,11,12);8H,4-7H2,1-3H3/t12-;;7-;9-;;/m0.00../s1. The molecule has 0 aliphatic heterocycles. The number of ether oxygens (including phenoxy) is 2. The van der Waals surface area contributed by atoms with Gasteiger partial charge in [-0.3, -0.25) is 43.7 Å². The number of unbranched alkanes of at least 4 members (excludes halogenated alkanes) is 1. The molecule has 488 valence electrons. The van der Waals surface area contributed by atoms with Gasteiger partial charge in [0, 0.05) is 98.7 Å². The molecule has 0 aliphatic rings. The zero-order valence-electron chi connectivity index (χ0n) is 56.1. The van der Waals surface area contributed by atoms with Gasteiger partial charge in [-0.25, -0.2) is 9.98 Å². The molecule has 0 amide bonds. The molecule has 1 aromatic carbocycles. The van der Waals surface area contributed by atoms with Gasteiger partial charge in [0.2, 0.25) is 0 Å². The SMILES string of the molecule is CC(C)C(=O)CCCCN=C(N)N.CC(C)C(=O)[C@H](CCCN=C(N)N)N=C(N)N.CC(C)C(=O)c1cccc(N=C(N)N)c1.CC(C)C[C@@H](C(=O)C(C)C)N(C)C(C)C.CC(C)N[C@@H](C)CC(=O)C(C)C.COCCOCCC(=O)C(C)C. The first-order chi connectivity index (χ1) is 38.8. The molecular formula is C62H122N14O8. The van der Waals surface area contributed by atoms with Crippen molar-refractivity contribution in [2.45, 2.75) is 213 Å². The molecule has 0 saturated heterocycles. The molecule has 1 aromatic rings. The van der Waals surface area contributed by atoms with Gasteiger partial charge in [-0.2, -0.15) is 0 Å². The Kier molecular flexibility index (Phi) is 53.4. The highest BCUT2D eigenvalue weighted by atomic mass is 16.5. The van der Waals surface area contributed by atoms with Crippen LogP contribution in [0.15, 0.2) is 44.2 Å². The van der Waals surface area contributed by atoms with Crippen LogP contribution in [0, 0.1) is 41.4 Å². The van der Waals surface area contributed by atoms with Gasteiger partial charge in [-0.1, -0.05) is 123 Å². The first-order valence-corrected chi connectivity index (χ1v) is 29.9. The van der Waals surface area contributed by atoms with Crippen LogP contribution in [-0.4, -0.2) is 141 Å². The molecule has 22 nitrogen and oxygen atoms in total. The molecule has 3 atom stereocenters. The third-order valence-corrected chi connectivity index (χ3v) is 12.1. The van der Waals surface area contributed by atoms with Crippen molar-refractivity contribution < 1.29 is 38.2 Å². The molecule has 17 N–H and O–H groups in total. The van der Waals surface area contributed by atoms with Gasteiger partial charge in [0.05, 0.1) is 31.5 Å². The maximum Gasteiger partial charge on any atom is 0.191 e. The Balaban J connectivity index is -0.000000299. The molecule has 0 spiro atoms. The number of hydrogen-bond acceptors (Lipinski definition) is 14. The molecule has 0 aromatic heterocycles. The monoisotopic (exact) mass is 1190 g/mol. The number of nitrogens with two attached hydrogens (primary N) is 8. The van der Waals surface area contributed by atoms with Crippen LogP contribution in [0.4, 0.5) is 5.69 Å². The number of Topliss-reactive ketones (excluding diaryl/α,β-unsaturated/α-hetero) is 6. The van der Waals surface area contributed by atoms with Crippen LogP contribution in [-0.2, 0) is 33.4 Å². The van der Waals surface area contributed by atoms with Gasteiger partial charge >= 0.3 is 0 Å². The number of rotatable bonds is 34. The molecule has 0 aliphatic carbocycles. The number of guanidine groups is 4. The topological polar surface area (TPSA) is 394 Å². The van der Waals surface area contributed by atoms with Crippen LogP contribution < -0.4 is 51.2 Å². The van der Waals surface area contributed by atoms with Crippen LogP contribution >= 0.6 is 0 Å². The average molecular weight is 1190 g/mol. The number of hydrogen-bond donors (Lipinski definition) is 9. The van der Waals surface area contributed by atoms with Crippen molar-refractivity contribution in [3.05, 3.63) is 29.8 Å². The van der Waals surface area contributed by atoms with Gasteiger partial charge in [0.25, 0.3) is 0 Å². The van der Waals surface area contributed by atoms with Crippen LogP contribution in [0.2, 0.25) is 0 Å². The minimum Gasteiger partial charge on any atom is -0.382 e. The van der Waals surface area contributed by atoms with Crippen LogP contribution in [0.1, 0.15) is 193 Å². The van der Waals surface area contributed by atoms with Gasteiger partial charge in [-0.15, -0.1) is 0 Å². The highest BCUT2D eigenvalue weighted by molar-refractivity contribution is 5.98. The fourth-order valence-corrected chi connectivity index (χ4v) is 6.99. The highest BCUT2D eigenvalue weighted by Crippen LogP contribution is 2.18. The largest absolute Gasteiger partial charge is 0.382 e. The average Bonchev–Trinajstić information content (AvgIpc) is 3.37. The van der Waals surface area contributed by atoms with E-state index in [1.165, 1.54) is 0 Å². The van der Waals surface area contributed by atoms with Gasteiger partial charge in [-0.05, 0) is 78.0 Å². The second-order valence-electron chi connectivity index (χ2n) is 23.6. The number of likely N-dealkylation sites (N-methyl/N-ethyl adjacent to an activating group) is 1. The summed E-state index contributed by atoms with van der Waals surface area (Å²) in [6, 6.07) is 7.72. The van der Waals surface area contributed by atoms with Gasteiger partial charge < -0.3 is 60.7 Å². The Morgan fingerprint density at radius 3 is 1.46 bits per heavy atom. The lowest BCUT2D eigenvalue weighted by molar-refractivity contribution is -0.128. The fraction of sp³-hybridized carbons (Fsp3) is 0.742. The number of nitrogens with zero attached hydrogens (tertiary/aromatic N) is 5. The van der Waals surface area contributed by atoms with E-state index in [1.807, 2.05) is 83.1 Å². The lowest BCUT2D eigenvalue weighted by atomic mass is 9.92. The number of carbonyl (C=O) groups is 6. The molecule has 0 radical (unpaired) electrons. The molecule has 0 heterocycles. The Labute approximate surface area is 508 Å². The van der Waals surface area contributed by atoms with Crippen molar-refractivity contribution >= 4 is 64.2 Å². The quantitative estimate of drug-likeness (QED) is 0.0142. The van der Waals surface area contributed by atoms with Crippen molar-refractivity contribution in [2.24, 2.45) is 107 Å². The number of aliphatic imine (C=N–C) groups is 4. The lowest BCUT2D eigenvalue weighted by Gasteiger charge is -2.32. The van der Waals surface area contributed by atoms with E-state index >= 15 is 0 Å². The van der Waals surface area contributed by atoms with Gasteiger partial charge in [0.15, 0.2) is 41.2 Å². The first kappa shape index (κ1) is 86.9. The van der Waals surface area contributed by atoms with Crippen molar-refractivity contribution in [1.29, 1.82) is 0 Å². The summed E-state index contributed by atoms with van der Waals surface area (Å²) in [5.74, 6) is 2.46. The van der Waals surface area contributed by atoms with E-state index in [1.54, 1.807) is 31.4 Å². The van der Waals surface area contributed by atoms with Crippen molar-refractivity contribution in [2.75, 3.05) is 47.1 Å². The summed E-state index contributed by atoms with van der Waals surface area (Å²) in [4.78, 5) is 86.7.